The Kier molecular flexibility index (Phi) is 15.0. The SMILES string of the molecule is COc1cc2cc(c1-c1ccc(NC(=O)CCC(C)S)cc1)N(C)C(=O)C[C@H](OC(=O)[C@H](C)N(C)C(C)=O)[C@]1(C)O[C@H]1[C@H](C)[C@@H]1C[C@@](O)(NC(=O)O1)[C@H](OC)/C=C/C=C(\C)C2. The van der Waals surface area contributed by atoms with Crippen molar-refractivity contribution in [3.8, 4) is 16.9 Å². The number of hydrogen-bond acceptors (Lipinski definition) is 12. The standard InChI is InChI=1S/C45H60N4O11S/c1-25-12-11-13-36(57-10)45(55)24-35(58-43(54)47-45)27(3)41-44(6,60-41)37(59-42(53)28(4)48(7)29(5)50)23-39(52)49(8)33-21-30(20-25)22-34(56-9)40(33)31-15-17-32(18-16-31)46-38(51)19-14-26(2)61/h11-13,15-18,21-22,26-28,35-37,41,55,61H,14,19-20,23-24H2,1-10H3,(H,46,51)(H,47,54)/b13-11+,25-12+/t26?,27-,28+,35+,36-,37+,41+,44+,45+/m1/s1. The number of thiol groups is 1. The number of epoxide rings is 1. The number of hydrogen-bond donors (Lipinski definition) is 4. The van der Waals surface area contributed by atoms with Gasteiger partial charge in [0.15, 0.2) is 5.72 Å². The van der Waals surface area contributed by atoms with Gasteiger partial charge in [-0.25, -0.2) is 9.59 Å². The first-order valence-corrected chi connectivity index (χ1v) is 21.0. The Bertz CT molecular complexity index is 2040. The smallest absolute Gasteiger partial charge is 0.409 e. The van der Waals surface area contributed by atoms with Gasteiger partial charge < -0.3 is 43.9 Å². The lowest BCUT2D eigenvalue weighted by Gasteiger charge is -2.42. The summed E-state index contributed by atoms with van der Waals surface area (Å²) in [6.07, 6.45) is 1.77. The van der Waals surface area contributed by atoms with Crippen LogP contribution in [0.1, 0.15) is 72.8 Å². The molecule has 0 radical (unpaired) electrons. The molecule has 0 aromatic heterocycles. The fourth-order valence-corrected chi connectivity index (χ4v) is 8.03. The molecular weight excluding hydrogens is 805 g/mol. The molecule has 1 unspecified atom stereocenters. The highest BCUT2D eigenvalue weighted by Gasteiger charge is 2.64. The van der Waals surface area contributed by atoms with Crippen molar-refractivity contribution in [3.63, 3.8) is 0 Å². The van der Waals surface area contributed by atoms with Crippen LogP contribution in [0.4, 0.5) is 16.2 Å². The number of esters is 1. The topological polar surface area (TPSA) is 186 Å². The van der Waals surface area contributed by atoms with Gasteiger partial charge in [0.2, 0.25) is 17.7 Å². The summed E-state index contributed by atoms with van der Waals surface area (Å²) < 4.78 is 29.8. The molecule has 332 valence electrons. The summed E-state index contributed by atoms with van der Waals surface area (Å²) in [5, 5.41) is 17.4. The van der Waals surface area contributed by atoms with Crippen molar-refractivity contribution in [1.82, 2.24) is 10.2 Å². The monoisotopic (exact) mass is 864 g/mol. The Labute approximate surface area is 363 Å². The number of nitrogens with one attached hydrogen (secondary N) is 2. The van der Waals surface area contributed by atoms with E-state index >= 15 is 0 Å². The van der Waals surface area contributed by atoms with Gasteiger partial charge in [-0.1, -0.05) is 49.8 Å². The lowest BCUT2D eigenvalue weighted by Crippen LogP contribution is -2.63. The predicted octanol–water partition coefficient (Wildman–Crippen LogP) is 5.59. The molecule has 4 bridgehead atoms. The van der Waals surface area contributed by atoms with Crippen molar-refractivity contribution >= 4 is 53.8 Å². The highest BCUT2D eigenvalue weighted by atomic mass is 32.1. The van der Waals surface area contributed by atoms with E-state index in [1.54, 1.807) is 52.3 Å². The number of amides is 4. The molecule has 2 aromatic carbocycles. The van der Waals surface area contributed by atoms with E-state index in [0.717, 1.165) is 11.1 Å². The number of carbonyl (C=O) groups excluding carboxylic acids is 5. The second-order valence-corrected chi connectivity index (χ2v) is 17.5. The fraction of sp³-hybridized carbons (Fsp3) is 0.533. The van der Waals surface area contributed by atoms with Crippen LogP contribution in [0.5, 0.6) is 5.75 Å². The van der Waals surface area contributed by atoms with E-state index in [0.29, 0.717) is 47.5 Å². The summed E-state index contributed by atoms with van der Waals surface area (Å²) in [7, 11) is 6.10. The van der Waals surface area contributed by atoms with Gasteiger partial charge in [-0.15, -0.1) is 0 Å². The third kappa shape index (κ3) is 11.0. The van der Waals surface area contributed by atoms with Gasteiger partial charge in [-0.3, -0.25) is 19.7 Å². The molecule has 3 aliphatic rings. The van der Waals surface area contributed by atoms with Gasteiger partial charge in [-0.2, -0.15) is 12.6 Å². The quantitative estimate of drug-likeness (QED) is 0.133. The van der Waals surface area contributed by atoms with E-state index in [2.05, 4.69) is 23.3 Å². The maximum atomic E-state index is 14.7. The largest absolute Gasteiger partial charge is 0.496 e. The van der Waals surface area contributed by atoms with Crippen LogP contribution in [0, 0.1) is 5.92 Å². The first-order valence-electron chi connectivity index (χ1n) is 20.5. The minimum atomic E-state index is -1.85. The molecule has 2 saturated heterocycles. The summed E-state index contributed by atoms with van der Waals surface area (Å²) in [6, 6.07) is 10.1. The zero-order valence-electron chi connectivity index (χ0n) is 36.6. The summed E-state index contributed by atoms with van der Waals surface area (Å²) >= 11 is 4.37. The number of allylic oxidation sites excluding steroid dienone is 3. The number of anilines is 2. The molecule has 5 rings (SSSR count). The molecule has 3 aliphatic heterocycles. The summed E-state index contributed by atoms with van der Waals surface area (Å²) in [4.78, 5) is 68.9. The van der Waals surface area contributed by atoms with E-state index in [-0.39, 0.29) is 29.9 Å². The number of rotatable bonds is 10. The van der Waals surface area contributed by atoms with Crippen LogP contribution in [-0.2, 0) is 44.5 Å². The van der Waals surface area contributed by atoms with E-state index < -0.39 is 65.7 Å². The van der Waals surface area contributed by atoms with Crippen molar-refractivity contribution in [2.24, 2.45) is 5.92 Å². The third-order valence-electron chi connectivity index (χ3n) is 11.9. The van der Waals surface area contributed by atoms with Crippen molar-refractivity contribution < 1.29 is 52.8 Å². The van der Waals surface area contributed by atoms with Crippen LogP contribution in [0.15, 0.2) is 60.2 Å². The van der Waals surface area contributed by atoms with E-state index in [1.165, 1.54) is 37.8 Å². The normalized spacial score (nSPS) is 29.0. The van der Waals surface area contributed by atoms with Crippen LogP contribution in [-0.4, -0.2) is 115 Å². The number of ether oxygens (including phenoxy) is 5. The number of alkyl carbamates (subject to hydrolysis) is 1. The number of aliphatic hydroxyl groups is 1. The van der Waals surface area contributed by atoms with Crippen LogP contribution < -0.4 is 20.3 Å². The lowest BCUT2D eigenvalue weighted by molar-refractivity contribution is -0.161. The van der Waals surface area contributed by atoms with Gasteiger partial charge in [0.05, 0.1) is 25.3 Å². The maximum absolute atomic E-state index is 14.7. The zero-order valence-corrected chi connectivity index (χ0v) is 37.5. The van der Waals surface area contributed by atoms with Crippen LogP contribution in [0.25, 0.3) is 11.1 Å². The first kappa shape index (κ1) is 47.2. The summed E-state index contributed by atoms with van der Waals surface area (Å²) in [5.74, 6) is -1.70. The molecule has 2 aromatic rings. The predicted molar refractivity (Wildman–Crippen MR) is 233 cm³/mol. The average Bonchev–Trinajstić information content (AvgIpc) is 3.91. The molecule has 0 aliphatic carbocycles. The second kappa shape index (κ2) is 19.4. The van der Waals surface area contributed by atoms with Crippen LogP contribution >= 0.6 is 12.6 Å². The molecule has 0 spiro atoms. The Morgan fingerprint density at radius 1 is 1.15 bits per heavy atom. The third-order valence-corrected chi connectivity index (χ3v) is 12.2. The van der Waals surface area contributed by atoms with Crippen molar-refractivity contribution in [2.75, 3.05) is 38.5 Å². The Morgan fingerprint density at radius 2 is 1.84 bits per heavy atom. The van der Waals surface area contributed by atoms with Crippen molar-refractivity contribution in [3.05, 3.63) is 65.8 Å². The molecule has 15 nitrogen and oxygen atoms in total. The number of nitrogens with zero attached hydrogens (tertiary/aromatic N) is 2. The molecule has 2 fully saturated rings. The lowest BCUT2D eigenvalue weighted by atomic mass is 9.83. The molecule has 3 N–H and O–H groups in total. The molecule has 16 heteroatoms. The number of carbonyl (C=O) groups is 5. The number of methoxy groups -OCH3 is 2. The average molecular weight is 865 g/mol. The van der Waals surface area contributed by atoms with Crippen molar-refractivity contribution in [2.45, 2.75) is 121 Å². The van der Waals surface area contributed by atoms with Gasteiger partial charge in [0.25, 0.3) is 0 Å². The second-order valence-electron chi connectivity index (χ2n) is 16.6. The zero-order chi connectivity index (χ0) is 45.0. The molecule has 0 saturated carbocycles. The first-order chi connectivity index (χ1) is 28.7. The Hall–Kier alpha value is -4.90. The summed E-state index contributed by atoms with van der Waals surface area (Å²) in [5.41, 5.74) is 1.08. The van der Waals surface area contributed by atoms with Crippen LogP contribution in [0.3, 0.4) is 0 Å². The number of likely N-dealkylation sites (N-methyl/N-ethyl adjacent to an activating group) is 1. The van der Waals surface area contributed by atoms with Crippen molar-refractivity contribution in [1.29, 1.82) is 0 Å². The highest BCUT2D eigenvalue weighted by Crippen LogP contribution is 2.49. The van der Waals surface area contributed by atoms with Gasteiger partial charge in [0, 0.05) is 58.1 Å². The molecule has 4 amide bonds. The molecule has 3 heterocycles. The minimum absolute atomic E-state index is 0.0644. The summed E-state index contributed by atoms with van der Waals surface area (Å²) in [6.45, 7) is 10.3. The van der Waals surface area contributed by atoms with Gasteiger partial charge in [-0.05, 0) is 74.3 Å². The van der Waals surface area contributed by atoms with E-state index in [9.17, 15) is 29.1 Å². The maximum Gasteiger partial charge on any atom is 0.409 e. The minimum Gasteiger partial charge on any atom is -0.496 e. The fourth-order valence-electron chi connectivity index (χ4n) is 7.90. The highest BCUT2D eigenvalue weighted by molar-refractivity contribution is 7.80. The molecule has 9 atom stereocenters. The molecule has 61 heavy (non-hydrogen) atoms. The molecular formula is C45H60N4O11S. The number of fused-ring (bicyclic) bond motifs is 5. The Balaban J connectivity index is 1.61. The Morgan fingerprint density at radius 3 is 2.46 bits per heavy atom. The van der Waals surface area contributed by atoms with Crippen LogP contribution in [0.2, 0.25) is 0 Å². The van der Waals surface area contributed by atoms with Gasteiger partial charge in [0.1, 0.15) is 35.7 Å². The van der Waals surface area contributed by atoms with E-state index in [1.807, 2.05) is 44.2 Å². The van der Waals surface area contributed by atoms with Gasteiger partial charge >= 0.3 is 12.1 Å². The van der Waals surface area contributed by atoms with E-state index in [4.69, 9.17) is 23.7 Å². The number of benzene rings is 2.